The molecule has 2 fully saturated rings. The van der Waals surface area contributed by atoms with Gasteiger partial charge in [-0.15, -0.1) is 0 Å². The van der Waals surface area contributed by atoms with Gasteiger partial charge in [-0.1, -0.05) is 55.9 Å². The quantitative estimate of drug-likeness (QED) is 0.669. The first-order valence-electron chi connectivity index (χ1n) is 9.90. The number of nitrogens with zero attached hydrogens (tertiary/aromatic N) is 1. The van der Waals surface area contributed by atoms with Crippen molar-refractivity contribution in [1.82, 2.24) is 4.98 Å². The summed E-state index contributed by atoms with van der Waals surface area (Å²) in [5.41, 5.74) is 6.48. The molecule has 2 saturated carbocycles. The number of fused-ring (bicyclic) bond motifs is 5. The van der Waals surface area contributed by atoms with Gasteiger partial charge in [0.05, 0.1) is 0 Å². The summed E-state index contributed by atoms with van der Waals surface area (Å²) >= 11 is 0. The van der Waals surface area contributed by atoms with Gasteiger partial charge in [0.25, 0.3) is 0 Å². The maximum Gasteiger partial charge on any atom is 0.178 e. The molecule has 0 amide bonds. The van der Waals surface area contributed by atoms with E-state index in [9.17, 15) is 4.79 Å². The second kappa shape index (κ2) is 5.51. The van der Waals surface area contributed by atoms with Gasteiger partial charge in [-0.3, -0.25) is 9.78 Å². The van der Waals surface area contributed by atoms with Crippen molar-refractivity contribution in [1.29, 1.82) is 0 Å². The molecular weight excluding hydrogens is 330 g/mol. The molecule has 0 aliphatic heterocycles. The molecule has 4 atom stereocenters. The van der Waals surface area contributed by atoms with Crippen LogP contribution in [0.2, 0.25) is 0 Å². The number of rotatable bonds is 1. The first kappa shape index (κ1) is 16.7. The Morgan fingerprint density at radius 1 is 1.22 bits per heavy atom. The van der Waals surface area contributed by atoms with Crippen molar-refractivity contribution in [2.24, 2.45) is 22.7 Å². The number of hydrogen-bond donors (Lipinski definition) is 0. The zero-order valence-corrected chi connectivity index (χ0v) is 16.0. The van der Waals surface area contributed by atoms with Gasteiger partial charge in [-0.05, 0) is 66.0 Å². The zero-order valence-electron chi connectivity index (χ0n) is 16.0. The van der Waals surface area contributed by atoms with Crippen LogP contribution >= 0.6 is 0 Å². The number of aromatic nitrogens is 1. The molecule has 1 heterocycles. The standard InChI is InChI=1S/C25H25NO/c1-16-13-19-21-7-6-20(17-5-4-12-26-15-17)24(21,2)11-9-22(19)25(3)10-8-18(27)14-23(16)25/h4-8,10,12,14-15,19,22H,1,9,11,13H2,2-3H3/t19?,22?,24-,25-/m1/s1. The van der Waals surface area contributed by atoms with Gasteiger partial charge < -0.3 is 0 Å². The van der Waals surface area contributed by atoms with Crippen molar-refractivity contribution in [3.63, 3.8) is 0 Å². The van der Waals surface area contributed by atoms with Crippen molar-refractivity contribution >= 4 is 11.4 Å². The molecule has 0 aromatic carbocycles. The van der Waals surface area contributed by atoms with E-state index in [1.807, 2.05) is 24.5 Å². The zero-order chi connectivity index (χ0) is 18.8. The SMILES string of the molecule is C=C1CC2C3=CC=C(c4cccnc4)[C@@]3(C)CCC2[C@@]2(C)C=CC(=O)C=C12. The maximum absolute atomic E-state index is 12.0. The molecule has 0 spiro atoms. The van der Waals surface area contributed by atoms with E-state index >= 15 is 0 Å². The minimum atomic E-state index is -0.0763. The third-order valence-corrected chi connectivity index (χ3v) is 7.55. The fourth-order valence-electron chi connectivity index (χ4n) is 6.15. The van der Waals surface area contributed by atoms with Gasteiger partial charge in [-0.25, -0.2) is 0 Å². The van der Waals surface area contributed by atoms with Crippen LogP contribution in [0.4, 0.5) is 0 Å². The predicted octanol–water partition coefficient (Wildman–Crippen LogP) is 5.47. The Hall–Kier alpha value is -2.48. The molecule has 0 bridgehead atoms. The molecule has 0 saturated heterocycles. The van der Waals surface area contributed by atoms with Crippen LogP contribution in [-0.4, -0.2) is 10.8 Å². The molecular formula is C25H25NO. The van der Waals surface area contributed by atoms with Crippen molar-refractivity contribution in [3.8, 4) is 0 Å². The van der Waals surface area contributed by atoms with Crippen LogP contribution < -0.4 is 0 Å². The summed E-state index contributed by atoms with van der Waals surface area (Å²) in [6.07, 6.45) is 17.5. The van der Waals surface area contributed by atoms with E-state index in [0.717, 1.165) is 24.8 Å². The molecule has 1 aromatic rings. The van der Waals surface area contributed by atoms with E-state index in [1.165, 1.54) is 16.7 Å². The summed E-state index contributed by atoms with van der Waals surface area (Å²) in [5, 5.41) is 0. The van der Waals surface area contributed by atoms with Crippen molar-refractivity contribution < 1.29 is 4.79 Å². The first-order valence-corrected chi connectivity index (χ1v) is 9.90. The highest BCUT2D eigenvalue weighted by atomic mass is 16.1. The molecule has 5 rings (SSSR count). The number of allylic oxidation sites excluding steroid dienone is 9. The van der Waals surface area contributed by atoms with Crippen molar-refractivity contribution in [2.45, 2.75) is 33.1 Å². The molecule has 0 radical (unpaired) electrons. The molecule has 2 heteroatoms. The van der Waals surface area contributed by atoms with Crippen LogP contribution in [0.1, 0.15) is 38.7 Å². The summed E-state index contributed by atoms with van der Waals surface area (Å²) < 4.78 is 0. The highest BCUT2D eigenvalue weighted by Crippen LogP contribution is 2.65. The third kappa shape index (κ3) is 2.19. The lowest BCUT2D eigenvalue weighted by molar-refractivity contribution is -0.110. The van der Waals surface area contributed by atoms with Gasteiger partial charge in [0.1, 0.15) is 0 Å². The van der Waals surface area contributed by atoms with Crippen LogP contribution in [0.5, 0.6) is 0 Å². The van der Waals surface area contributed by atoms with E-state index in [2.05, 4.69) is 49.7 Å². The van der Waals surface area contributed by atoms with Gasteiger partial charge in [0, 0.05) is 23.2 Å². The van der Waals surface area contributed by atoms with Crippen LogP contribution in [0.3, 0.4) is 0 Å². The second-order valence-corrected chi connectivity index (χ2v) is 8.91. The minimum Gasteiger partial charge on any atom is -0.290 e. The minimum absolute atomic E-state index is 0.0763. The van der Waals surface area contributed by atoms with Gasteiger partial charge in [-0.2, -0.15) is 0 Å². The lowest BCUT2D eigenvalue weighted by Crippen LogP contribution is -2.46. The molecule has 2 unspecified atom stereocenters. The van der Waals surface area contributed by atoms with Crippen molar-refractivity contribution in [3.05, 3.63) is 83.8 Å². The lowest BCUT2D eigenvalue weighted by Gasteiger charge is -2.55. The Morgan fingerprint density at radius 3 is 2.85 bits per heavy atom. The highest BCUT2D eigenvalue weighted by molar-refractivity contribution is 6.02. The number of ketones is 1. The van der Waals surface area contributed by atoms with Gasteiger partial charge in [0.15, 0.2) is 5.78 Å². The second-order valence-electron chi connectivity index (χ2n) is 8.91. The van der Waals surface area contributed by atoms with E-state index in [4.69, 9.17) is 0 Å². The summed E-state index contributed by atoms with van der Waals surface area (Å²) in [6.45, 7) is 9.08. The van der Waals surface area contributed by atoms with Gasteiger partial charge in [0.2, 0.25) is 0 Å². The molecule has 2 nitrogen and oxygen atoms in total. The first-order chi connectivity index (χ1) is 12.9. The largest absolute Gasteiger partial charge is 0.290 e. The maximum atomic E-state index is 12.0. The van der Waals surface area contributed by atoms with E-state index in [0.29, 0.717) is 11.8 Å². The third-order valence-electron chi connectivity index (χ3n) is 7.55. The Labute approximate surface area is 161 Å². The van der Waals surface area contributed by atoms with Crippen LogP contribution in [0, 0.1) is 22.7 Å². The molecule has 0 N–H and O–H groups in total. The number of hydrogen-bond acceptors (Lipinski definition) is 2. The predicted molar refractivity (Wildman–Crippen MR) is 109 cm³/mol. The molecule has 4 aliphatic rings. The number of pyridine rings is 1. The summed E-state index contributed by atoms with van der Waals surface area (Å²) in [4.78, 5) is 16.3. The van der Waals surface area contributed by atoms with Crippen LogP contribution in [0.15, 0.2) is 78.2 Å². The van der Waals surface area contributed by atoms with Gasteiger partial charge >= 0.3 is 0 Å². The summed E-state index contributed by atoms with van der Waals surface area (Å²) in [5.74, 6) is 1.12. The average Bonchev–Trinajstić information content (AvgIpc) is 3.01. The average molecular weight is 355 g/mol. The Balaban J connectivity index is 1.55. The van der Waals surface area contributed by atoms with E-state index in [1.54, 1.807) is 11.6 Å². The van der Waals surface area contributed by atoms with Crippen LogP contribution in [0.25, 0.3) is 5.57 Å². The molecule has 27 heavy (non-hydrogen) atoms. The number of carbonyl (C=O) groups excluding carboxylic acids is 1. The number of carbonyl (C=O) groups is 1. The Morgan fingerprint density at radius 2 is 2.07 bits per heavy atom. The van der Waals surface area contributed by atoms with E-state index < -0.39 is 0 Å². The summed E-state index contributed by atoms with van der Waals surface area (Å²) in [6, 6.07) is 4.19. The Bertz CT molecular complexity index is 977. The Kier molecular flexibility index (Phi) is 3.40. The fraction of sp³-hybridized carbons (Fsp3) is 0.360. The van der Waals surface area contributed by atoms with Crippen LogP contribution in [-0.2, 0) is 4.79 Å². The smallest absolute Gasteiger partial charge is 0.178 e. The molecule has 4 aliphatic carbocycles. The topological polar surface area (TPSA) is 30.0 Å². The van der Waals surface area contributed by atoms with E-state index in [-0.39, 0.29) is 16.6 Å². The summed E-state index contributed by atoms with van der Waals surface area (Å²) in [7, 11) is 0. The fourth-order valence-corrected chi connectivity index (χ4v) is 6.15. The molecule has 136 valence electrons. The normalized spacial score (nSPS) is 37.0. The monoisotopic (exact) mass is 355 g/mol. The highest BCUT2D eigenvalue weighted by Gasteiger charge is 2.54. The lowest BCUT2D eigenvalue weighted by atomic mass is 9.48. The van der Waals surface area contributed by atoms with Crippen molar-refractivity contribution in [2.75, 3.05) is 0 Å². The molecule has 1 aromatic heterocycles.